The van der Waals surface area contributed by atoms with Crippen molar-refractivity contribution in [3.05, 3.63) is 0 Å². The van der Waals surface area contributed by atoms with Crippen molar-refractivity contribution in [1.82, 2.24) is 9.80 Å². The summed E-state index contributed by atoms with van der Waals surface area (Å²) in [6.45, 7) is 5.66. The molecule has 0 aliphatic carbocycles. The number of unbranched alkanes of at least 4 members (excludes halogenated alkanes) is 2. The number of rotatable bonds is 11. The van der Waals surface area contributed by atoms with E-state index in [0.717, 1.165) is 38.8 Å². The van der Waals surface area contributed by atoms with Crippen molar-refractivity contribution in [1.29, 1.82) is 0 Å². The molecule has 0 bridgehead atoms. The molecule has 0 rings (SSSR count). The third-order valence-corrected chi connectivity index (χ3v) is 2.95. The third kappa shape index (κ3) is 8.54. The van der Waals surface area contributed by atoms with Gasteiger partial charge in [0.2, 0.25) is 5.91 Å². The summed E-state index contributed by atoms with van der Waals surface area (Å²) < 4.78 is 0. The van der Waals surface area contributed by atoms with E-state index in [1.807, 2.05) is 4.90 Å². The van der Waals surface area contributed by atoms with Crippen LogP contribution in [0.1, 0.15) is 39.5 Å². The fraction of sp³-hybridized carbons (Fsp3) is 0.733. The molecule has 0 aliphatic heterocycles. The molecule has 1 N–H and O–H groups in total. The molecular weight excluding hydrogens is 256 g/mol. The number of aliphatic carboxylic acids is 1. The summed E-state index contributed by atoms with van der Waals surface area (Å²) in [6, 6.07) is 0. The molecule has 114 valence electrons. The quantitative estimate of drug-likeness (QED) is 0.582. The molecule has 0 aromatic rings. The molecule has 0 fully saturated rings. The van der Waals surface area contributed by atoms with Crippen molar-refractivity contribution in [2.24, 2.45) is 0 Å². The lowest BCUT2D eigenvalue weighted by Gasteiger charge is -2.25. The molecule has 5 nitrogen and oxygen atoms in total. The molecule has 1 amide bonds. The molecule has 0 saturated heterocycles. The van der Waals surface area contributed by atoms with Gasteiger partial charge in [-0.25, -0.2) is 0 Å². The molecule has 0 unspecified atom stereocenters. The van der Waals surface area contributed by atoms with Gasteiger partial charge in [0.1, 0.15) is 0 Å². The van der Waals surface area contributed by atoms with E-state index < -0.39 is 5.97 Å². The normalized spacial score (nSPS) is 10.3. The summed E-state index contributed by atoms with van der Waals surface area (Å²) in [5.41, 5.74) is 0. The molecule has 5 heteroatoms. The molecule has 0 atom stereocenters. The van der Waals surface area contributed by atoms with Crippen molar-refractivity contribution >= 4 is 11.9 Å². The predicted octanol–water partition coefficient (Wildman–Crippen LogP) is 1.43. The zero-order valence-electron chi connectivity index (χ0n) is 12.6. The van der Waals surface area contributed by atoms with E-state index in [1.54, 1.807) is 0 Å². The van der Waals surface area contributed by atoms with Crippen LogP contribution in [0.2, 0.25) is 0 Å². The molecule has 0 aromatic heterocycles. The van der Waals surface area contributed by atoms with Gasteiger partial charge in [0, 0.05) is 13.1 Å². The van der Waals surface area contributed by atoms with Gasteiger partial charge in [-0.05, 0) is 12.8 Å². The summed E-state index contributed by atoms with van der Waals surface area (Å²) in [6.07, 6.45) is 9.19. The molecule has 20 heavy (non-hydrogen) atoms. The highest BCUT2D eigenvalue weighted by Gasteiger charge is 2.18. The minimum atomic E-state index is -0.971. The Bertz CT molecular complexity index is 329. The predicted molar refractivity (Wildman–Crippen MR) is 79.3 cm³/mol. The van der Waals surface area contributed by atoms with E-state index in [-0.39, 0.29) is 25.5 Å². The van der Waals surface area contributed by atoms with Gasteiger partial charge in [0.15, 0.2) is 0 Å². The first-order chi connectivity index (χ1) is 9.54. The Hall–Kier alpha value is -1.54. The number of hydrogen-bond acceptors (Lipinski definition) is 3. The van der Waals surface area contributed by atoms with Gasteiger partial charge < -0.3 is 10.0 Å². The zero-order valence-corrected chi connectivity index (χ0v) is 12.6. The number of hydrogen-bond donors (Lipinski definition) is 1. The van der Waals surface area contributed by atoms with Gasteiger partial charge in [-0.1, -0.05) is 32.6 Å². The van der Waals surface area contributed by atoms with Gasteiger partial charge >= 0.3 is 5.97 Å². The Morgan fingerprint density at radius 2 is 1.65 bits per heavy atom. The fourth-order valence-electron chi connectivity index (χ4n) is 1.84. The van der Waals surface area contributed by atoms with Crippen LogP contribution in [-0.4, -0.2) is 59.5 Å². The van der Waals surface area contributed by atoms with Crippen molar-refractivity contribution in [3.63, 3.8) is 0 Å². The number of terminal acetylenes is 1. The number of carbonyl (C=O) groups excluding carboxylic acids is 1. The van der Waals surface area contributed by atoms with E-state index in [2.05, 4.69) is 19.8 Å². The summed E-state index contributed by atoms with van der Waals surface area (Å²) >= 11 is 0. The maximum atomic E-state index is 12.2. The smallest absolute Gasteiger partial charge is 0.317 e. The largest absolute Gasteiger partial charge is 0.480 e. The monoisotopic (exact) mass is 282 g/mol. The van der Waals surface area contributed by atoms with Crippen LogP contribution in [0, 0.1) is 12.3 Å². The van der Waals surface area contributed by atoms with Crippen LogP contribution >= 0.6 is 0 Å². The van der Waals surface area contributed by atoms with E-state index in [1.165, 1.54) is 4.90 Å². The number of amides is 1. The van der Waals surface area contributed by atoms with Gasteiger partial charge in [0.25, 0.3) is 0 Å². The summed E-state index contributed by atoms with van der Waals surface area (Å²) in [5.74, 6) is 1.39. The lowest BCUT2D eigenvalue weighted by Crippen LogP contribution is -2.43. The van der Waals surface area contributed by atoms with Gasteiger partial charge in [-0.15, -0.1) is 6.42 Å². The van der Waals surface area contributed by atoms with E-state index in [9.17, 15) is 9.59 Å². The Labute approximate surface area is 121 Å². The standard InChI is InChI=1S/C15H26N2O3/c1-4-7-10-17(11-8-5-2)14(18)12-16(9-6-3)13-15(19)20/h3H,4-5,7-13H2,1-2H3,(H,19,20). The lowest BCUT2D eigenvalue weighted by molar-refractivity contribution is -0.139. The van der Waals surface area contributed by atoms with Gasteiger partial charge in [-0.2, -0.15) is 0 Å². The van der Waals surface area contributed by atoms with Crippen LogP contribution in [0.3, 0.4) is 0 Å². The van der Waals surface area contributed by atoms with Crippen LogP contribution in [0.5, 0.6) is 0 Å². The third-order valence-electron chi connectivity index (χ3n) is 2.95. The molecule has 0 aromatic carbocycles. The highest BCUT2D eigenvalue weighted by atomic mass is 16.4. The Balaban J connectivity index is 4.51. The first-order valence-corrected chi connectivity index (χ1v) is 7.20. The number of carboxylic acids is 1. The minimum absolute atomic E-state index is 0.0385. The summed E-state index contributed by atoms with van der Waals surface area (Å²) in [5, 5.41) is 8.81. The topological polar surface area (TPSA) is 60.9 Å². The summed E-state index contributed by atoms with van der Waals surface area (Å²) in [7, 11) is 0. The maximum absolute atomic E-state index is 12.2. The average molecular weight is 282 g/mol. The van der Waals surface area contributed by atoms with Crippen LogP contribution < -0.4 is 0 Å². The van der Waals surface area contributed by atoms with E-state index in [4.69, 9.17) is 11.5 Å². The van der Waals surface area contributed by atoms with Gasteiger partial charge in [-0.3, -0.25) is 14.5 Å². The second-order valence-corrected chi connectivity index (χ2v) is 4.83. The van der Waals surface area contributed by atoms with E-state index >= 15 is 0 Å². The van der Waals surface area contributed by atoms with Crippen LogP contribution in [-0.2, 0) is 9.59 Å². The lowest BCUT2D eigenvalue weighted by atomic mass is 10.2. The molecular formula is C15H26N2O3. The maximum Gasteiger partial charge on any atom is 0.317 e. The average Bonchev–Trinajstić information content (AvgIpc) is 2.38. The zero-order chi connectivity index (χ0) is 15.4. The highest BCUT2D eigenvalue weighted by molar-refractivity contribution is 5.79. The number of nitrogens with zero attached hydrogens (tertiary/aromatic N) is 2. The van der Waals surface area contributed by atoms with Crippen molar-refractivity contribution in [2.45, 2.75) is 39.5 Å². The van der Waals surface area contributed by atoms with E-state index in [0.29, 0.717) is 0 Å². The second-order valence-electron chi connectivity index (χ2n) is 4.83. The molecule has 0 radical (unpaired) electrons. The Morgan fingerprint density at radius 1 is 1.10 bits per heavy atom. The SMILES string of the molecule is C#CCN(CC(=O)O)CC(=O)N(CCCC)CCCC. The highest BCUT2D eigenvalue weighted by Crippen LogP contribution is 2.02. The van der Waals surface area contributed by atoms with Crippen LogP contribution in [0.15, 0.2) is 0 Å². The van der Waals surface area contributed by atoms with Crippen molar-refractivity contribution in [3.8, 4) is 12.3 Å². The van der Waals surface area contributed by atoms with Crippen LogP contribution in [0.25, 0.3) is 0 Å². The Morgan fingerprint density at radius 3 is 2.05 bits per heavy atom. The second kappa shape index (κ2) is 11.3. The molecule has 0 spiro atoms. The first kappa shape index (κ1) is 18.5. The van der Waals surface area contributed by atoms with Crippen molar-refractivity contribution in [2.75, 3.05) is 32.7 Å². The minimum Gasteiger partial charge on any atom is -0.480 e. The van der Waals surface area contributed by atoms with Crippen molar-refractivity contribution < 1.29 is 14.7 Å². The molecule has 0 heterocycles. The first-order valence-electron chi connectivity index (χ1n) is 7.20. The summed E-state index contributed by atoms with van der Waals surface area (Å²) in [4.78, 5) is 26.3. The number of carboxylic acid groups (broad SMARTS) is 1. The fourth-order valence-corrected chi connectivity index (χ4v) is 1.84. The van der Waals surface area contributed by atoms with Crippen LogP contribution in [0.4, 0.5) is 0 Å². The molecule has 0 aliphatic rings. The van der Waals surface area contributed by atoms with Gasteiger partial charge in [0.05, 0.1) is 19.6 Å². The Kier molecular flexibility index (Phi) is 10.4. The molecule has 0 saturated carbocycles. The number of carbonyl (C=O) groups is 2.